The van der Waals surface area contributed by atoms with Crippen molar-refractivity contribution >= 4 is 0 Å². The summed E-state index contributed by atoms with van der Waals surface area (Å²) in [7, 11) is 0. The number of piperazine rings is 1. The molecule has 2 nitrogen and oxygen atoms in total. The fourth-order valence-electron chi connectivity index (χ4n) is 2.93. The van der Waals surface area contributed by atoms with E-state index in [0.29, 0.717) is 19.2 Å². The topological polar surface area (TPSA) is 15.3 Å². The van der Waals surface area contributed by atoms with Crippen LogP contribution in [0, 0.1) is 5.82 Å². The molecular formula is C15H17F7N2. The summed E-state index contributed by atoms with van der Waals surface area (Å²) in [6, 6.07) is 1.21. The molecule has 1 saturated heterocycles. The van der Waals surface area contributed by atoms with Gasteiger partial charge in [0.25, 0.3) is 0 Å². The van der Waals surface area contributed by atoms with Gasteiger partial charge in [-0.15, -0.1) is 0 Å². The van der Waals surface area contributed by atoms with E-state index in [-0.39, 0.29) is 13.1 Å². The molecule has 1 aromatic carbocycles. The van der Waals surface area contributed by atoms with Crippen molar-refractivity contribution in [3.63, 3.8) is 0 Å². The Hall–Kier alpha value is -1.35. The lowest BCUT2D eigenvalue weighted by Crippen LogP contribution is -2.46. The van der Waals surface area contributed by atoms with Gasteiger partial charge in [-0.2, -0.15) is 26.3 Å². The van der Waals surface area contributed by atoms with Crippen molar-refractivity contribution in [2.75, 3.05) is 26.2 Å². The maximum Gasteiger partial charge on any atom is 0.416 e. The normalized spacial score (nSPS) is 18.6. The lowest BCUT2D eigenvalue weighted by atomic mass is 9.93. The highest BCUT2D eigenvalue weighted by molar-refractivity contribution is 5.34. The summed E-state index contributed by atoms with van der Waals surface area (Å²) in [5.74, 6) is -1.13. The van der Waals surface area contributed by atoms with Crippen molar-refractivity contribution in [2.24, 2.45) is 0 Å². The third-order valence-corrected chi connectivity index (χ3v) is 3.99. The molecule has 0 bridgehead atoms. The van der Waals surface area contributed by atoms with E-state index in [0.717, 1.165) is 12.1 Å². The molecule has 1 aromatic rings. The molecule has 1 aliphatic heterocycles. The van der Waals surface area contributed by atoms with E-state index in [9.17, 15) is 30.7 Å². The largest absolute Gasteiger partial charge is 0.416 e. The van der Waals surface area contributed by atoms with Crippen LogP contribution in [0.4, 0.5) is 30.7 Å². The van der Waals surface area contributed by atoms with E-state index in [2.05, 4.69) is 5.32 Å². The molecule has 0 aromatic heterocycles. The van der Waals surface area contributed by atoms with Crippen LogP contribution in [-0.2, 0) is 6.18 Å². The highest BCUT2D eigenvalue weighted by atomic mass is 19.4. The van der Waals surface area contributed by atoms with Crippen LogP contribution >= 0.6 is 0 Å². The maximum absolute atomic E-state index is 14.2. The van der Waals surface area contributed by atoms with Gasteiger partial charge in [-0.25, -0.2) is 4.39 Å². The van der Waals surface area contributed by atoms with E-state index in [1.165, 1.54) is 4.90 Å². The summed E-state index contributed by atoms with van der Waals surface area (Å²) in [5.41, 5.74) is -1.91. The third kappa shape index (κ3) is 4.83. The standard InChI is InChI=1S/C15H17F7N2/c16-11-3-1-2-10(15(20,21)22)13(11)12(4-5-14(17,18)19)24-8-6-23-7-9-24/h1-3,12,23H,4-9H2/t12-/m0/s1. The first kappa shape index (κ1) is 19.0. The molecule has 0 amide bonds. The zero-order valence-corrected chi connectivity index (χ0v) is 12.6. The van der Waals surface area contributed by atoms with E-state index in [1.807, 2.05) is 0 Å². The first-order valence-electron chi connectivity index (χ1n) is 7.47. The van der Waals surface area contributed by atoms with E-state index >= 15 is 0 Å². The minimum Gasteiger partial charge on any atom is -0.314 e. The molecule has 24 heavy (non-hydrogen) atoms. The molecular weight excluding hydrogens is 341 g/mol. The second kappa shape index (κ2) is 7.26. The van der Waals surface area contributed by atoms with Crippen LogP contribution in [0.5, 0.6) is 0 Å². The second-order valence-electron chi connectivity index (χ2n) is 5.65. The van der Waals surface area contributed by atoms with Gasteiger partial charge in [-0.1, -0.05) is 6.07 Å². The first-order chi connectivity index (χ1) is 11.1. The van der Waals surface area contributed by atoms with Crippen LogP contribution in [0.25, 0.3) is 0 Å². The molecule has 136 valence electrons. The number of alkyl halides is 6. The Morgan fingerprint density at radius 2 is 1.67 bits per heavy atom. The van der Waals surface area contributed by atoms with Crippen molar-refractivity contribution in [3.8, 4) is 0 Å². The van der Waals surface area contributed by atoms with Crippen LogP contribution in [-0.4, -0.2) is 37.3 Å². The molecule has 0 saturated carbocycles. The summed E-state index contributed by atoms with van der Waals surface area (Å²) < 4.78 is 91.6. The second-order valence-corrected chi connectivity index (χ2v) is 5.65. The summed E-state index contributed by atoms with van der Waals surface area (Å²) in [6.45, 7) is 1.37. The number of hydrogen-bond acceptors (Lipinski definition) is 2. The van der Waals surface area contributed by atoms with Gasteiger partial charge in [-0.05, 0) is 18.6 Å². The Morgan fingerprint density at radius 1 is 1.04 bits per heavy atom. The minimum absolute atomic E-state index is 0.258. The van der Waals surface area contributed by atoms with Crippen molar-refractivity contribution in [2.45, 2.75) is 31.2 Å². The summed E-state index contributed by atoms with van der Waals surface area (Å²) in [5, 5.41) is 2.97. The Morgan fingerprint density at radius 3 is 2.21 bits per heavy atom. The Balaban J connectivity index is 2.42. The van der Waals surface area contributed by atoms with Gasteiger partial charge < -0.3 is 5.32 Å². The number of hydrogen-bond donors (Lipinski definition) is 1. The van der Waals surface area contributed by atoms with Crippen molar-refractivity contribution in [1.82, 2.24) is 10.2 Å². The smallest absolute Gasteiger partial charge is 0.314 e. The monoisotopic (exact) mass is 358 g/mol. The molecule has 0 unspecified atom stereocenters. The van der Waals surface area contributed by atoms with E-state index in [1.54, 1.807) is 0 Å². The van der Waals surface area contributed by atoms with Crippen LogP contribution in [0.3, 0.4) is 0 Å². The molecule has 1 N–H and O–H groups in total. The highest BCUT2D eigenvalue weighted by Gasteiger charge is 2.40. The number of halogens is 7. The number of nitrogens with one attached hydrogen (secondary N) is 1. The lowest BCUT2D eigenvalue weighted by Gasteiger charge is -2.36. The van der Waals surface area contributed by atoms with Gasteiger partial charge in [-0.3, -0.25) is 4.90 Å². The van der Waals surface area contributed by atoms with E-state index in [4.69, 9.17) is 0 Å². The Kier molecular flexibility index (Phi) is 5.74. The molecule has 1 atom stereocenters. The van der Waals surface area contributed by atoms with Crippen molar-refractivity contribution < 1.29 is 30.7 Å². The van der Waals surface area contributed by atoms with Crippen LogP contribution in [0.1, 0.15) is 30.0 Å². The molecule has 0 aliphatic carbocycles. The maximum atomic E-state index is 14.2. The van der Waals surface area contributed by atoms with Gasteiger partial charge >= 0.3 is 12.4 Å². The predicted octanol–water partition coefficient (Wildman–Crippen LogP) is 4.13. The first-order valence-corrected chi connectivity index (χ1v) is 7.47. The number of benzene rings is 1. The molecule has 2 rings (SSSR count). The summed E-state index contributed by atoms with van der Waals surface area (Å²) in [4.78, 5) is 1.48. The number of nitrogens with zero attached hydrogens (tertiary/aromatic N) is 1. The van der Waals surface area contributed by atoms with Crippen molar-refractivity contribution in [3.05, 3.63) is 35.1 Å². The van der Waals surface area contributed by atoms with Crippen molar-refractivity contribution in [1.29, 1.82) is 0 Å². The SMILES string of the molecule is Fc1cccc(C(F)(F)F)c1[C@H](CCC(F)(F)F)N1CCNCC1. The van der Waals surface area contributed by atoms with Crippen LogP contribution in [0.15, 0.2) is 18.2 Å². The number of rotatable bonds is 4. The van der Waals surface area contributed by atoms with Gasteiger partial charge in [0.05, 0.1) is 5.56 Å². The highest BCUT2D eigenvalue weighted by Crippen LogP contribution is 2.40. The van der Waals surface area contributed by atoms with Gasteiger partial charge in [0.15, 0.2) is 0 Å². The average Bonchev–Trinajstić information content (AvgIpc) is 2.47. The van der Waals surface area contributed by atoms with Gasteiger partial charge in [0.2, 0.25) is 0 Å². The average molecular weight is 358 g/mol. The fraction of sp³-hybridized carbons (Fsp3) is 0.600. The third-order valence-electron chi connectivity index (χ3n) is 3.99. The molecule has 9 heteroatoms. The zero-order valence-electron chi connectivity index (χ0n) is 12.6. The van der Waals surface area contributed by atoms with E-state index < -0.39 is 48.2 Å². The Labute approximate surface area is 134 Å². The van der Waals surface area contributed by atoms with Crippen LogP contribution in [0.2, 0.25) is 0 Å². The molecule has 1 heterocycles. The zero-order chi connectivity index (χ0) is 18.0. The van der Waals surface area contributed by atoms with Gasteiger partial charge in [0.1, 0.15) is 5.82 Å². The lowest BCUT2D eigenvalue weighted by molar-refractivity contribution is -0.141. The molecule has 1 aliphatic rings. The van der Waals surface area contributed by atoms with Crippen LogP contribution < -0.4 is 5.32 Å². The fourth-order valence-corrected chi connectivity index (χ4v) is 2.93. The van der Waals surface area contributed by atoms with Gasteiger partial charge in [0, 0.05) is 44.2 Å². The molecule has 0 radical (unpaired) electrons. The quantitative estimate of drug-likeness (QED) is 0.814. The summed E-state index contributed by atoms with van der Waals surface area (Å²) >= 11 is 0. The molecule has 0 spiro atoms. The predicted molar refractivity (Wildman–Crippen MR) is 73.9 cm³/mol. The minimum atomic E-state index is -4.83. The Bertz CT molecular complexity index is 548. The molecule has 1 fully saturated rings. The summed E-state index contributed by atoms with van der Waals surface area (Å²) in [6.07, 6.45) is -11.2.